The summed E-state index contributed by atoms with van der Waals surface area (Å²) in [6.45, 7) is 0. The van der Waals surface area contributed by atoms with Crippen molar-refractivity contribution in [3.63, 3.8) is 0 Å². The van der Waals surface area contributed by atoms with Crippen LogP contribution in [0.3, 0.4) is 0 Å². The van der Waals surface area contributed by atoms with Gasteiger partial charge in [-0.05, 0) is 36.6 Å². The normalized spacial score (nSPS) is 10.4. The number of carbonyl (C=O) groups is 1. The second-order valence-electron chi connectivity index (χ2n) is 5.30. The van der Waals surface area contributed by atoms with E-state index in [1.165, 1.54) is 11.9 Å². The molecule has 0 unspecified atom stereocenters. The average molecular weight is 303 g/mol. The lowest BCUT2D eigenvalue weighted by Gasteiger charge is -2.04. The van der Waals surface area contributed by atoms with E-state index in [0.717, 1.165) is 24.2 Å². The highest BCUT2D eigenvalue weighted by molar-refractivity contribution is 5.95. The molecule has 2 aromatic heterocycles. The second-order valence-corrected chi connectivity index (χ2v) is 5.30. The molecule has 23 heavy (non-hydrogen) atoms. The van der Waals surface area contributed by atoms with Gasteiger partial charge < -0.3 is 0 Å². The Bertz CT molecular complexity index is 773. The molecule has 4 heteroatoms. The number of pyridine rings is 1. The van der Waals surface area contributed by atoms with E-state index in [1.807, 2.05) is 30.3 Å². The van der Waals surface area contributed by atoms with Crippen LogP contribution in [0.25, 0.3) is 0 Å². The summed E-state index contributed by atoms with van der Waals surface area (Å²) in [5.74, 6) is -0.0293. The Hall–Kier alpha value is -2.88. The molecule has 0 bridgehead atoms. The van der Waals surface area contributed by atoms with Gasteiger partial charge in [0.15, 0.2) is 5.78 Å². The van der Waals surface area contributed by atoms with Crippen LogP contribution in [0.2, 0.25) is 0 Å². The molecular weight excluding hydrogens is 286 g/mol. The fourth-order valence-corrected chi connectivity index (χ4v) is 2.38. The predicted molar refractivity (Wildman–Crippen MR) is 88.2 cm³/mol. The summed E-state index contributed by atoms with van der Waals surface area (Å²) >= 11 is 0. The van der Waals surface area contributed by atoms with Gasteiger partial charge in [0.2, 0.25) is 0 Å². The van der Waals surface area contributed by atoms with E-state index in [-0.39, 0.29) is 12.2 Å². The Labute approximate surface area is 135 Å². The molecule has 0 aliphatic rings. The average Bonchev–Trinajstić information content (AvgIpc) is 2.62. The Balaban J connectivity index is 1.64. The minimum absolute atomic E-state index is 0.0293. The van der Waals surface area contributed by atoms with Crippen LogP contribution < -0.4 is 0 Å². The molecule has 4 nitrogen and oxygen atoms in total. The zero-order valence-corrected chi connectivity index (χ0v) is 12.7. The van der Waals surface area contributed by atoms with Crippen molar-refractivity contribution in [3.8, 4) is 0 Å². The highest BCUT2D eigenvalue weighted by Crippen LogP contribution is 2.08. The van der Waals surface area contributed by atoms with Gasteiger partial charge in [0.05, 0.1) is 12.1 Å². The molecule has 2 heterocycles. The molecule has 3 aromatic rings. The maximum absolute atomic E-state index is 12.2. The van der Waals surface area contributed by atoms with E-state index in [1.54, 1.807) is 18.3 Å². The molecule has 0 aliphatic heterocycles. The largest absolute Gasteiger partial charge is 0.292 e. The summed E-state index contributed by atoms with van der Waals surface area (Å²) in [5, 5.41) is 0. The van der Waals surface area contributed by atoms with Crippen molar-refractivity contribution in [1.29, 1.82) is 0 Å². The van der Waals surface area contributed by atoms with Crippen molar-refractivity contribution in [2.75, 3.05) is 0 Å². The molecule has 0 saturated heterocycles. The Morgan fingerprint density at radius 1 is 0.826 bits per heavy atom. The zero-order valence-electron chi connectivity index (χ0n) is 12.7. The summed E-state index contributed by atoms with van der Waals surface area (Å²) in [6, 6.07) is 17.5. The molecule has 0 amide bonds. The standard InChI is InChI=1S/C19H17N3O/c23-19(18-8-4-5-11-20-18)13-17-12-16(21-14-22-17)10-9-15-6-2-1-3-7-15/h1-8,11-12,14H,9-10,13H2. The first-order chi connectivity index (χ1) is 11.3. The predicted octanol–water partition coefficient (Wildman–Crippen LogP) is 3.08. The van der Waals surface area contributed by atoms with Crippen molar-refractivity contribution in [1.82, 2.24) is 15.0 Å². The quantitative estimate of drug-likeness (QED) is 0.657. The number of aromatic nitrogens is 3. The fraction of sp³-hybridized carbons (Fsp3) is 0.158. The highest BCUT2D eigenvalue weighted by Gasteiger charge is 2.09. The number of carbonyl (C=O) groups excluding carboxylic acids is 1. The third-order valence-electron chi connectivity index (χ3n) is 3.59. The minimum Gasteiger partial charge on any atom is -0.292 e. The SMILES string of the molecule is O=C(Cc1cc(CCc2ccccc2)ncn1)c1ccccn1. The van der Waals surface area contributed by atoms with Gasteiger partial charge >= 0.3 is 0 Å². The molecule has 114 valence electrons. The molecule has 0 aliphatic carbocycles. The third kappa shape index (κ3) is 4.30. The molecule has 0 N–H and O–H groups in total. The maximum atomic E-state index is 12.2. The van der Waals surface area contributed by atoms with Crippen LogP contribution in [0.1, 0.15) is 27.4 Å². The van der Waals surface area contributed by atoms with Crippen molar-refractivity contribution in [3.05, 3.63) is 89.8 Å². The maximum Gasteiger partial charge on any atom is 0.187 e. The van der Waals surface area contributed by atoms with E-state index in [2.05, 4.69) is 27.1 Å². The number of hydrogen-bond acceptors (Lipinski definition) is 4. The molecule has 0 spiro atoms. The number of ketones is 1. The van der Waals surface area contributed by atoms with Gasteiger partial charge in [-0.1, -0.05) is 36.4 Å². The number of nitrogens with zero attached hydrogens (tertiary/aromatic N) is 3. The van der Waals surface area contributed by atoms with Crippen LogP contribution in [0, 0.1) is 0 Å². The highest BCUT2D eigenvalue weighted by atomic mass is 16.1. The first-order valence-corrected chi connectivity index (χ1v) is 7.59. The molecule has 1 aromatic carbocycles. The Morgan fingerprint density at radius 3 is 2.39 bits per heavy atom. The first kappa shape index (κ1) is 15.0. The van der Waals surface area contributed by atoms with E-state index in [0.29, 0.717) is 5.69 Å². The van der Waals surface area contributed by atoms with E-state index >= 15 is 0 Å². The van der Waals surface area contributed by atoms with Crippen molar-refractivity contribution in [2.45, 2.75) is 19.3 Å². The van der Waals surface area contributed by atoms with E-state index < -0.39 is 0 Å². The summed E-state index contributed by atoms with van der Waals surface area (Å²) in [5.41, 5.74) is 3.43. The molecular formula is C19H17N3O. The minimum atomic E-state index is -0.0293. The smallest absolute Gasteiger partial charge is 0.187 e. The lowest BCUT2D eigenvalue weighted by atomic mass is 10.1. The summed E-state index contributed by atoms with van der Waals surface area (Å²) < 4.78 is 0. The Morgan fingerprint density at radius 2 is 1.61 bits per heavy atom. The topological polar surface area (TPSA) is 55.7 Å². The number of hydrogen-bond donors (Lipinski definition) is 0. The van der Waals surface area contributed by atoms with Gasteiger partial charge in [0.1, 0.15) is 12.0 Å². The van der Waals surface area contributed by atoms with Gasteiger partial charge in [-0.2, -0.15) is 0 Å². The summed E-state index contributed by atoms with van der Waals surface area (Å²) in [7, 11) is 0. The number of rotatable bonds is 6. The zero-order chi connectivity index (χ0) is 15.9. The molecule has 0 saturated carbocycles. The number of Topliss-reactive ketones (excluding diaryl/α,β-unsaturated/α-hetero) is 1. The summed E-state index contributed by atoms with van der Waals surface area (Å²) in [4.78, 5) is 24.8. The van der Waals surface area contributed by atoms with Crippen LogP contribution in [0.15, 0.2) is 67.1 Å². The van der Waals surface area contributed by atoms with Crippen LogP contribution in [-0.4, -0.2) is 20.7 Å². The van der Waals surface area contributed by atoms with E-state index in [4.69, 9.17) is 0 Å². The first-order valence-electron chi connectivity index (χ1n) is 7.59. The monoisotopic (exact) mass is 303 g/mol. The van der Waals surface area contributed by atoms with Crippen LogP contribution >= 0.6 is 0 Å². The number of benzene rings is 1. The van der Waals surface area contributed by atoms with Crippen molar-refractivity contribution >= 4 is 5.78 Å². The molecule has 0 radical (unpaired) electrons. The summed E-state index contributed by atoms with van der Waals surface area (Å²) in [6.07, 6.45) is 5.15. The van der Waals surface area contributed by atoms with E-state index in [9.17, 15) is 4.79 Å². The van der Waals surface area contributed by atoms with Crippen molar-refractivity contribution < 1.29 is 4.79 Å². The third-order valence-corrected chi connectivity index (χ3v) is 3.59. The van der Waals surface area contributed by atoms with Gasteiger partial charge in [0, 0.05) is 11.9 Å². The lowest BCUT2D eigenvalue weighted by molar-refractivity contribution is 0.0987. The van der Waals surface area contributed by atoms with Gasteiger partial charge in [-0.3, -0.25) is 9.78 Å². The van der Waals surface area contributed by atoms with Gasteiger partial charge in [-0.15, -0.1) is 0 Å². The van der Waals surface area contributed by atoms with Crippen LogP contribution in [0.4, 0.5) is 0 Å². The second kappa shape index (κ2) is 7.40. The Kier molecular flexibility index (Phi) is 4.84. The van der Waals surface area contributed by atoms with Gasteiger partial charge in [-0.25, -0.2) is 9.97 Å². The van der Waals surface area contributed by atoms with Crippen LogP contribution in [-0.2, 0) is 19.3 Å². The molecule has 0 fully saturated rings. The van der Waals surface area contributed by atoms with Crippen molar-refractivity contribution in [2.24, 2.45) is 0 Å². The van der Waals surface area contributed by atoms with Gasteiger partial charge in [0.25, 0.3) is 0 Å². The fourth-order valence-electron chi connectivity index (χ4n) is 2.38. The molecule has 0 atom stereocenters. The lowest BCUT2D eigenvalue weighted by Crippen LogP contribution is -2.08. The number of aryl methyl sites for hydroxylation is 2. The molecule has 3 rings (SSSR count). The van der Waals surface area contributed by atoms with Crippen LogP contribution in [0.5, 0.6) is 0 Å².